The van der Waals surface area contributed by atoms with Gasteiger partial charge in [-0.05, 0) is 19.3 Å². The molecular formula is C16H29N3O2S. The van der Waals surface area contributed by atoms with Gasteiger partial charge in [0.15, 0.2) is 0 Å². The van der Waals surface area contributed by atoms with Crippen LogP contribution in [0.1, 0.15) is 51.9 Å². The Hall–Kier alpha value is -0.910. The average molecular weight is 327 g/mol. The summed E-state index contributed by atoms with van der Waals surface area (Å²) in [7, 11) is 0. The molecule has 0 aromatic rings. The molecule has 1 saturated heterocycles. The second-order valence-corrected chi connectivity index (χ2v) is 7.91. The second-order valence-electron chi connectivity index (χ2n) is 6.36. The highest BCUT2D eigenvalue weighted by molar-refractivity contribution is 7.99. The van der Waals surface area contributed by atoms with Crippen molar-refractivity contribution in [1.82, 2.24) is 15.5 Å². The Kier molecular flexibility index (Phi) is 7.36. The molecule has 0 unspecified atom stereocenters. The Morgan fingerprint density at radius 3 is 2.73 bits per heavy atom. The molecule has 2 aliphatic rings. The van der Waals surface area contributed by atoms with Crippen LogP contribution in [0.3, 0.4) is 0 Å². The van der Waals surface area contributed by atoms with Crippen molar-refractivity contribution in [2.24, 2.45) is 0 Å². The topological polar surface area (TPSA) is 61.4 Å². The molecule has 0 bridgehead atoms. The summed E-state index contributed by atoms with van der Waals surface area (Å²) in [5.74, 6) is 1.26. The normalized spacial score (nSPS) is 23.1. The SMILES string of the molecule is C[C@H]1CN(C(=O)CCCNC(=O)NC2CCCCC2)CCS1. The van der Waals surface area contributed by atoms with Gasteiger partial charge >= 0.3 is 6.03 Å². The van der Waals surface area contributed by atoms with Gasteiger partial charge in [0.1, 0.15) is 0 Å². The largest absolute Gasteiger partial charge is 0.341 e. The van der Waals surface area contributed by atoms with Crippen molar-refractivity contribution >= 4 is 23.7 Å². The number of hydrogen-bond acceptors (Lipinski definition) is 3. The molecule has 2 N–H and O–H groups in total. The van der Waals surface area contributed by atoms with Gasteiger partial charge < -0.3 is 15.5 Å². The Balaban J connectivity index is 1.54. The maximum atomic E-state index is 12.1. The molecule has 1 aliphatic heterocycles. The first kappa shape index (κ1) is 17.4. The van der Waals surface area contributed by atoms with Gasteiger partial charge in [-0.3, -0.25) is 4.79 Å². The zero-order chi connectivity index (χ0) is 15.8. The average Bonchev–Trinajstić information content (AvgIpc) is 2.52. The second kappa shape index (κ2) is 9.28. The monoisotopic (exact) mass is 327 g/mol. The smallest absolute Gasteiger partial charge is 0.315 e. The van der Waals surface area contributed by atoms with E-state index in [0.717, 1.165) is 38.1 Å². The maximum absolute atomic E-state index is 12.1. The van der Waals surface area contributed by atoms with Crippen LogP contribution in [0.25, 0.3) is 0 Å². The lowest BCUT2D eigenvalue weighted by Gasteiger charge is -2.30. The van der Waals surface area contributed by atoms with Crippen molar-refractivity contribution < 1.29 is 9.59 Å². The lowest BCUT2D eigenvalue weighted by Crippen LogP contribution is -2.43. The summed E-state index contributed by atoms with van der Waals surface area (Å²) in [4.78, 5) is 25.8. The summed E-state index contributed by atoms with van der Waals surface area (Å²) in [5, 5.41) is 6.44. The number of nitrogens with zero attached hydrogens (tertiary/aromatic N) is 1. The third kappa shape index (κ3) is 6.07. The fourth-order valence-electron chi connectivity index (χ4n) is 3.13. The van der Waals surface area contributed by atoms with Crippen molar-refractivity contribution in [1.29, 1.82) is 0 Å². The number of rotatable bonds is 5. The fourth-order valence-corrected chi connectivity index (χ4v) is 4.14. The number of hydrogen-bond donors (Lipinski definition) is 2. The van der Waals surface area contributed by atoms with Gasteiger partial charge in [-0.2, -0.15) is 11.8 Å². The van der Waals surface area contributed by atoms with E-state index in [2.05, 4.69) is 17.6 Å². The van der Waals surface area contributed by atoms with Gasteiger partial charge in [-0.1, -0.05) is 26.2 Å². The zero-order valence-corrected chi connectivity index (χ0v) is 14.4. The number of nitrogens with one attached hydrogen (secondary N) is 2. The van der Waals surface area contributed by atoms with Crippen molar-refractivity contribution in [2.45, 2.75) is 63.2 Å². The van der Waals surface area contributed by atoms with Crippen molar-refractivity contribution in [2.75, 3.05) is 25.4 Å². The van der Waals surface area contributed by atoms with Gasteiger partial charge in [0.2, 0.25) is 5.91 Å². The Labute approximate surface area is 138 Å². The summed E-state index contributed by atoms with van der Waals surface area (Å²) in [6, 6.07) is 0.255. The van der Waals surface area contributed by atoms with E-state index in [4.69, 9.17) is 0 Å². The standard InChI is InChI=1S/C16H29N3O2S/c1-13-12-19(10-11-22-13)15(20)8-5-9-17-16(21)18-14-6-3-2-4-7-14/h13-14H,2-12H2,1H3,(H2,17,18,21)/t13-/m0/s1. The first-order valence-corrected chi connectivity index (χ1v) is 9.64. The molecule has 5 nitrogen and oxygen atoms in total. The van der Waals surface area contributed by atoms with E-state index in [9.17, 15) is 9.59 Å². The lowest BCUT2D eigenvalue weighted by molar-refractivity contribution is -0.131. The molecule has 2 fully saturated rings. The molecule has 22 heavy (non-hydrogen) atoms. The third-order valence-electron chi connectivity index (χ3n) is 4.39. The maximum Gasteiger partial charge on any atom is 0.315 e. The summed E-state index contributed by atoms with van der Waals surface area (Å²) in [5.41, 5.74) is 0. The van der Waals surface area contributed by atoms with Crippen LogP contribution in [0.4, 0.5) is 4.79 Å². The molecule has 0 aromatic heterocycles. The minimum atomic E-state index is -0.0812. The van der Waals surface area contributed by atoms with Gasteiger partial charge in [0.05, 0.1) is 0 Å². The third-order valence-corrected chi connectivity index (χ3v) is 5.52. The molecule has 1 atom stereocenters. The predicted octanol–water partition coefficient (Wildman–Crippen LogP) is 2.36. The highest BCUT2D eigenvalue weighted by Crippen LogP contribution is 2.18. The van der Waals surface area contributed by atoms with E-state index < -0.39 is 0 Å². The summed E-state index contributed by atoms with van der Waals surface area (Å²) in [6.07, 6.45) is 7.15. The van der Waals surface area contributed by atoms with E-state index in [1.807, 2.05) is 16.7 Å². The molecule has 0 radical (unpaired) electrons. The van der Waals surface area contributed by atoms with E-state index in [0.29, 0.717) is 24.3 Å². The Morgan fingerprint density at radius 1 is 1.23 bits per heavy atom. The molecule has 1 saturated carbocycles. The van der Waals surface area contributed by atoms with Gasteiger partial charge in [0, 0.05) is 43.1 Å². The summed E-state index contributed by atoms with van der Waals surface area (Å²) < 4.78 is 0. The molecule has 6 heteroatoms. The quantitative estimate of drug-likeness (QED) is 0.762. The van der Waals surface area contributed by atoms with E-state index in [1.54, 1.807) is 0 Å². The van der Waals surface area contributed by atoms with Crippen LogP contribution in [-0.4, -0.2) is 53.5 Å². The van der Waals surface area contributed by atoms with Gasteiger partial charge in [-0.15, -0.1) is 0 Å². The van der Waals surface area contributed by atoms with E-state index in [-0.39, 0.29) is 11.9 Å². The van der Waals surface area contributed by atoms with Crippen LogP contribution in [0, 0.1) is 0 Å². The van der Waals surface area contributed by atoms with Crippen LogP contribution >= 0.6 is 11.8 Å². The summed E-state index contributed by atoms with van der Waals surface area (Å²) >= 11 is 1.93. The number of urea groups is 1. The number of thioether (sulfide) groups is 1. The Bertz CT molecular complexity index is 372. The molecule has 126 valence electrons. The molecule has 1 aliphatic carbocycles. The zero-order valence-electron chi connectivity index (χ0n) is 13.6. The number of carbonyl (C=O) groups is 2. The minimum Gasteiger partial charge on any atom is -0.341 e. The van der Waals surface area contributed by atoms with Crippen molar-refractivity contribution in [3.8, 4) is 0 Å². The van der Waals surface area contributed by atoms with Crippen LogP contribution in [0.2, 0.25) is 0 Å². The fraction of sp³-hybridized carbons (Fsp3) is 0.875. The number of amides is 3. The van der Waals surface area contributed by atoms with Crippen LogP contribution in [0.5, 0.6) is 0 Å². The lowest BCUT2D eigenvalue weighted by atomic mass is 9.96. The van der Waals surface area contributed by atoms with Crippen molar-refractivity contribution in [3.63, 3.8) is 0 Å². The van der Waals surface area contributed by atoms with Crippen LogP contribution in [0.15, 0.2) is 0 Å². The van der Waals surface area contributed by atoms with E-state index in [1.165, 1.54) is 19.3 Å². The van der Waals surface area contributed by atoms with Gasteiger partial charge in [-0.25, -0.2) is 4.79 Å². The highest BCUT2D eigenvalue weighted by Gasteiger charge is 2.20. The summed E-state index contributed by atoms with van der Waals surface area (Å²) in [6.45, 7) is 4.46. The Morgan fingerprint density at radius 2 is 2.00 bits per heavy atom. The predicted molar refractivity (Wildman–Crippen MR) is 91.1 cm³/mol. The molecule has 0 spiro atoms. The van der Waals surface area contributed by atoms with Gasteiger partial charge in [0.25, 0.3) is 0 Å². The van der Waals surface area contributed by atoms with Crippen LogP contribution in [-0.2, 0) is 4.79 Å². The molecular weight excluding hydrogens is 298 g/mol. The molecule has 3 amide bonds. The van der Waals surface area contributed by atoms with E-state index >= 15 is 0 Å². The number of carbonyl (C=O) groups excluding carboxylic acids is 2. The first-order valence-electron chi connectivity index (χ1n) is 8.59. The molecule has 2 rings (SSSR count). The first-order chi connectivity index (χ1) is 10.6. The van der Waals surface area contributed by atoms with Crippen LogP contribution < -0.4 is 10.6 Å². The molecule has 1 heterocycles. The van der Waals surface area contributed by atoms with Crippen molar-refractivity contribution in [3.05, 3.63) is 0 Å². The molecule has 0 aromatic carbocycles. The highest BCUT2D eigenvalue weighted by atomic mass is 32.2. The minimum absolute atomic E-state index is 0.0812.